The third-order valence-electron chi connectivity index (χ3n) is 10.5. The molecular formula is C42H41N7O11. The Morgan fingerprint density at radius 1 is 0.917 bits per heavy atom. The second kappa shape index (κ2) is 17.2. The summed E-state index contributed by atoms with van der Waals surface area (Å²) in [4.78, 5) is 103. The molecule has 0 radical (unpaired) electrons. The van der Waals surface area contributed by atoms with Gasteiger partial charge in [-0.2, -0.15) is 0 Å². The zero-order valence-corrected chi connectivity index (χ0v) is 32.7. The van der Waals surface area contributed by atoms with E-state index in [2.05, 4.69) is 26.4 Å². The van der Waals surface area contributed by atoms with Crippen LogP contribution in [0.5, 0.6) is 11.5 Å². The van der Waals surface area contributed by atoms with Crippen LogP contribution in [-0.2, 0) is 20.8 Å². The summed E-state index contributed by atoms with van der Waals surface area (Å²) in [7, 11) is 3.15. The molecule has 2 atom stereocenters. The Bertz CT molecular complexity index is 2440. The number of aromatic hydroxyl groups is 1. The topological polar surface area (TPSA) is 247 Å². The molecule has 3 heterocycles. The molecular weight excluding hydrogens is 778 g/mol. The van der Waals surface area contributed by atoms with Crippen LogP contribution in [0.25, 0.3) is 11.3 Å². The number of unbranched alkanes of at least 4 members (excludes halogenated alkanes) is 1. The summed E-state index contributed by atoms with van der Waals surface area (Å²) in [5, 5.41) is 25.0. The van der Waals surface area contributed by atoms with E-state index >= 15 is 0 Å². The Labute approximate surface area is 342 Å². The van der Waals surface area contributed by atoms with E-state index in [1.165, 1.54) is 41.3 Å². The second-order valence-electron chi connectivity index (χ2n) is 14.7. The fraction of sp³-hybridized carbons (Fsp3) is 0.310. The maximum atomic E-state index is 13.2. The Morgan fingerprint density at radius 2 is 1.70 bits per heavy atom. The maximum Gasteiger partial charge on any atom is 0.273 e. The van der Waals surface area contributed by atoms with Crippen molar-refractivity contribution in [1.82, 2.24) is 36.2 Å². The summed E-state index contributed by atoms with van der Waals surface area (Å²) in [6.07, 6.45) is 2.41. The molecule has 60 heavy (non-hydrogen) atoms. The number of aryl methyl sites for hydroxylation is 1. The lowest BCUT2D eigenvalue weighted by atomic mass is 10.0. The zero-order chi connectivity index (χ0) is 42.7. The monoisotopic (exact) mass is 819 g/mol. The molecule has 1 saturated heterocycles. The number of ether oxygens (including phenoxy) is 1. The van der Waals surface area contributed by atoms with Crippen molar-refractivity contribution in [1.29, 1.82) is 0 Å². The number of carbonyl (C=O) groups is 8. The van der Waals surface area contributed by atoms with Crippen LogP contribution < -0.4 is 26.0 Å². The van der Waals surface area contributed by atoms with Gasteiger partial charge in [0.1, 0.15) is 17.5 Å². The molecule has 310 valence electrons. The number of imide groups is 2. The normalized spacial score (nSPS) is 16.8. The van der Waals surface area contributed by atoms with Crippen molar-refractivity contribution >= 4 is 47.3 Å². The van der Waals surface area contributed by atoms with E-state index in [0.29, 0.717) is 43.4 Å². The Balaban J connectivity index is 0.842. The number of carbonyl (C=O) groups excluding carboxylic acids is 8. The number of hydrogen-bond donors (Lipinski definition) is 5. The van der Waals surface area contributed by atoms with Gasteiger partial charge in [0.25, 0.3) is 35.4 Å². The fourth-order valence-corrected chi connectivity index (χ4v) is 7.33. The molecule has 1 fully saturated rings. The van der Waals surface area contributed by atoms with Crippen LogP contribution >= 0.6 is 0 Å². The van der Waals surface area contributed by atoms with Crippen molar-refractivity contribution in [3.05, 3.63) is 99.7 Å². The number of fused-ring (bicyclic) bond motifs is 2. The van der Waals surface area contributed by atoms with Gasteiger partial charge in [0.2, 0.25) is 11.8 Å². The standard InChI is InChI=1S/C42H41N7O11/c1-48(2)40(56)25-12-10-23(19-31(25)50)33-20-29(47-60-33)38(54)45-28-13-11-22-8-9-24(18-27(22)28)37(53)44-17-4-3-16-43-35(52)21-59-32-7-5-6-26-36(32)42(58)49(41(26)57)30-14-15-34(51)46-39(30)55/h5-10,12,18-20,28,30,50H,3-4,11,13-17,21H2,1-2H3,(H,43,52)(H,44,53)(H,45,54)(H,46,51,55)/t28-,30?/m1/s1. The van der Waals surface area contributed by atoms with Gasteiger partial charge in [0, 0.05) is 50.8 Å². The van der Waals surface area contributed by atoms with Crippen LogP contribution in [-0.4, -0.2) is 107 Å². The number of rotatable bonds is 14. The van der Waals surface area contributed by atoms with Gasteiger partial charge >= 0.3 is 0 Å². The van der Waals surface area contributed by atoms with Crippen molar-refractivity contribution in [2.75, 3.05) is 33.8 Å². The Hall–Kier alpha value is -7.37. The van der Waals surface area contributed by atoms with E-state index in [-0.39, 0.29) is 76.9 Å². The minimum absolute atomic E-state index is 0.0105. The molecule has 3 aromatic carbocycles. The van der Waals surface area contributed by atoms with Gasteiger partial charge < -0.3 is 35.2 Å². The molecule has 2 aliphatic heterocycles. The van der Waals surface area contributed by atoms with Crippen molar-refractivity contribution < 1.29 is 52.7 Å². The van der Waals surface area contributed by atoms with Crippen LogP contribution in [0.15, 0.2) is 65.2 Å². The molecule has 4 aromatic rings. The first kappa shape index (κ1) is 40.8. The van der Waals surface area contributed by atoms with E-state index in [0.717, 1.165) is 16.0 Å². The SMILES string of the molecule is CN(C)C(=O)c1ccc(-c2cc(C(=O)N[C@@H]3CCc4ccc(C(=O)NCCCCNC(=O)COc5cccc6c5C(=O)N(C5CCC(=O)NC5=O)C6=O)cc43)no2)cc1O. The zero-order valence-electron chi connectivity index (χ0n) is 32.7. The quantitative estimate of drug-likeness (QED) is 0.0909. The highest BCUT2D eigenvalue weighted by Gasteiger charge is 2.46. The van der Waals surface area contributed by atoms with Crippen LogP contribution in [0.1, 0.15) is 101 Å². The van der Waals surface area contributed by atoms with E-state index in [1.54, 1.807) is 32.3 Å². The lowest BCUT2D eigenvalue weighted by Crippen LogP contribution is -2.54. The molecule has 8 amide bonds. The first-order valence-electron chi connectivity index (χ1n) is 19.3. The second-order valence-corrected chi connectivity index (χ2v) is 14.7. The van der Waals surface area contributed by atoms with Gasteiger partial charge in [0.15, 0.2) is 18.1 Å². The molecule has 18 heteroatoms. The molecule has 7 rings (SSSR count). The highest BCUT2D eigenvalue weighted by atomic mass is 16.5. The van der Waals surface area contributed by atoms with Gasteiger partial charge in [-0.3, -0.25) is 48.6 Å². The van der Waals surface area contributed by atoms with Crippen LogP contribution in [0.2, 0.25) is 0 Å². The summed E-state index contributed by atoms with van der Waals surface area (Å²) in [6.45, 7) is 0.179. The van der Waals surface area contributed by atoms with Crippen molar-refractivity contribution in [2.45, 2.75) is 50.6 Å². The van der Waals surface area contributed by atoms with Gasteiger partial charge in [0.05, 0.1) is 22.7 Å². The third-order valence-corrected chi connectivity index (χ3v) is 10.5. The smallest absolute Gasteiger partial charge is 0.273 e. The van der Waals surface area contributed by atoms with Crippen molar-refractivity contribution in [3.63, 3.8) is 0 Å². The third kappa shape index (κ3) is 8.43. The lowest BCUT2D eigenvalue weighted by molar-refractivity contribution is -0.136. The number of nitrogens with zero attached hydrogens (tertiary/aromatic N) is 3. The average molecular weight is 820 g/mol. The number of amides is 8. The van der Waals surface area contributed by atoms with Crippen molar-refractivity contribution in [2.24, 2.45) is 0 Å². The molecule has 0 saturated carbocycles. The first-order chi connectivity index (χ1) is 28.8. The molecule has 1 unspecified atom stereocenters. The number of nitrogens with one attached hydrogen (secondary N) is 4. The molecule has 3 aliphatic rings. The van der Waals surface area contributed by atoms with Crippen LogP contribution in [0, 0.1) is 0 Å². The van der Waals surface area contributed by atoms with E-state index in [4.69, 9.17) is 9.26 Å². The average Bonchev–Trinajstić information content (AvgIpc) is 3.95. The number of piperidine rings is 1. The van der Waals surface area contributed by atoms with E-state index < -0.39 is 48.1 Å². The first-order valence-corrected chi connectivity index (χ1v) is 19.3. The summed E-state index contributed by atoms with van der Waals surface area (Å²) in [5.41, 5.74) is 2.82. The Morgan fingerprint density at radius 3 is 2.45 bits per heavy atom. The van der Waals surface area contributed by atoms with Crippen LogP contribution in [0.3, 0.4) is 0 Å². The lowest BCUT2D eigenvalue weighted by Gasteiger charge is -2.27. The predicted molar refractivity (Wildman–Crippen MR) is 210 cm³/mol. The van der Waals surface area contributed by atoms with Gasteiger partial charge in [-0.05, 0) is 79.6 Å². The van der Waals surface area contributed by atoms with Gasteiger partial charge in [-0.1, -0.05) is 23.4 Å². The number of benzene rings is 3. The highest BCUT2D eigenvalue weighted by Crippen LogP contribution is 2.35. The molecule has 0 bridgehead atoms. The molecule has 0 spiro atoms. The highest BCUT2D eigenvalue weighted by molar-refractivity contribution is 6.24. The van der Waals surface area contributed by atoms with Crippen LogP contribution in [0.4, 0.5) is 0 Å². The predicted octanol–water partition coefficient (Wildman–Crippen LogP) is 2.27. The van der Waals surface area contributed by atoms with Gasteiger partial charge in [-0.25, -0.2) is 0 Å². The summed E-state index contributed by atoms with van der Waals surface area (Å²) in [5.74, 6) is -4.22. The fourth-order valence-electron chi connectivity index (χ4n) is 7.33. The van der Waals surface area contributed by atoms with Crippen molar-refractivity contribution in [3.8, 4) is 22.8 Å². The summed E-state index contributed by atoms with van der Waals surface area (Å²) in [6, 6.07) is 14.1. The molecule has 1 aliphatic carbocycles. The summed E-state index contributed by atoms with van der Waals surface area (Å²) < 4.78 is 11.0. The number of phenols is 1. The van der Waals surface area contributed by atoms with Gasteiger partial charge in [-0.15, -0.1) is 0 Å². The molecule has 1 aromatic heterocycles. The number of hydrogen-bond acceptors (Lipinski definition) is 12. The minimum atomic E-state index is -1.13. The molecule has 18 nitrogen and oxygen atoms in total. The minimum Gasteiger partial charge on any atom is -0.507 e. The summed E-state index contributed by atoms with van der Waals surface area (Å²) >= 11 is 0. The number of phenolic OH excluding ortho intramolecular Hbond substituents is 1. The van der Waals surface area contributed by atoms with E-state index in [9.17, 15) is 43.5 Å². The maximum absolute atomic E-state index is 13.2. The Kier molecular flexibility index (Phi) is 11.7. The molecule has 5 N–H and O–H groups in total. The van der Waals surface area contributed by atoms with E-state index in [1.807, 2.05) is 6.07 Å². The number of aromatic nitrogens is 1. The largest absolute Gasteiger partial charge is 0.507 e.